The van der Waals surface area contributed by atoms with Gasteiger partial charge in [0, 0.05) is 19.3 Å². The van der Waals surface area contributed by atoms with Crippen molar-refractivity contribution in [3.8, 4) is 0 Å². The van der Waals surface area contributed by atoms with E-state index >= 15 is 0 Å². The van der Waals surface area contributed by atoms with Crippen LogP contribution in [0.3, 0.4) is 0 Å². The van der Waals surface area contributed by atoms with Crippen molar-refractivity contribution in [3.63, 3.8) is 0 Å². The number of carbonyl (C=O) groups is 3. The average molecular weight is 1410 g/mol. The fourth-order valence-corrected chi connectivity index (χ4v) is 13.5. The fraction of sp³-hybridized carbons (Fsp3) is 0.931. The van der Waals surface area contributed by atoms with Gasteiger partial charge in [-0.1, -0.05) is 245 Å². The Morgan fingerprint density at radius 1 is 0.392 bits per heavy atom. The molecule has 25 heteroatoms. The molecule has 2 saturated heterocycles. The Hall–Kier alpha value is -2.30. The van der Waals surface area contributed by atoms with Crippen LogP contribution in [0.1, 0.15) is 297 Å². The summed E-state index contributed by atoms with van der Waals surface area (Å²) in [6.07, 6.45) is 12.9. The van der Waals surface area contributed by atoms with E-state index in [1.165, 1.54) is 141 Å². The lowest BCUT2D eigenvalue weighted by Crippen LogP contribution is -2.69. The van der Waals surface area contributed by atoms with Gasteiger partial charge in [0.05, 0.1) is 13.2 Å². The van der Waals surface area contributed by atoms with Gasteiger partial charge in [0.2, 0.25) is 0 Å². The lowest BCUT2D eigenvalue weighted by Gasteiger charge is -2.49. The lowest BCUT2D eigenvalue weighted by molar-refractivity contribution is -0.360. The maximum atomic E-state index is 14.3. The van der Waals surface area contributed by atoms with Gasteiger partial charge in [0.15, 0.2) is 18.7 Å². The number of aliphatic hydroxyl groups excluding tert-OH is 10. The minimum atomic E-state index is -5.69. The van der Waals surface area contributed by atoms with E-state index in [1.54, 1.807) is 0 Å². The van der Waals surface area contributed by atoms with Crippen LogP contribution in [0.5, 0.6) is 0 Å². The minimum Gasteiger partial charge on any atom is -0.463 e. The molecule has 3 aliphatic rings. The van der Waals surface area contributed by atoms with Crippen LogP contribution in [0.25, 0.3) is 0 Å². The molecular weight excluding hydrogens is 1280 g/mol. The SMILES string of the molecule is CCCCCCCC/C=C\CCCCCC(=O)OCC(COP(=O)(O)OC1C(OC2OC(CO)C(O)C(O)C2O)C(O)C(O)C(O)C1OC1OC(COC(=O)CCCCCCCCCCCCCCCCCCC)C(O)C(O)C1O)OC(=O)CCCCCCCCCCCCCC. The summed E-state index contributed by atoms with van der Waals surface area (Å²) in [7, 11) is -5.69. The van der Waals surface area contributed by atoms with Crippen molar-refractivity contribution in [3.05, 3.63) is 12.2 Å². The molecule has 24 nitrogen and oxygen atoms in total. The molecule has 2 heterocycles. The second kappa shape index (κ2) is 54.4. The van der Waals surface area contributed by atoms with Crippen LogP contribution in [-0.2, 0) is 61.2 Å². The van der Waals surface area contributed by atoms with Gasteiger partial charge in [0.1, 0.15) is 98.7 Å². The molecule has 0 aromatic heterocycles. The van der Waals surface area contributed by atoms with Crippen molar-refractivity contribution < 1.29 is 117 Å². The number of hydrogen-bond donors (Lipinski definition) is 11. The fourth-order valence-electron chi connectivity index (χ4n) is 12.6. The molecule has 3 fully saturated rings. The van der Waals surface area contributed by atoms with Gasteiger partial charge >= 0.3 is 25.7 Å². The molecule has 0 spiro atoms. The van der Waals surface area contributed by atoms with Gasteiger partial charge in [-0.05, 0) is 44.9 Å². The molecular formula is C72H133O24P. The van der Waals surface area contributed by atoms with E-state index in [2.05, 4.69) is 32.9 Å². The molecule has 0 aromatic carbocycles. The van der Waals surface area contributed by atoms with Crippen LogP contribution < -0.4 is 0 Å². The van der Waals surface area contributed by atoms with Gasteiger partial charge < -0.3 is 89.1 Å². The number of phosphoric acid groups is 1. The Bertz CT molecular complexity index is 2060. The van der Waals surface area contributed by atoms with Crippen LogP contribution in [-0.4, -0.2) is 204 Å². The Balaban J connectivity index is 1.72. The first-order valence-electron chi connectivity index (χ1n) is 38.0. The van der Waals surface area contributed by atoms with E-state index in [4.69, 9.17) is 42.2 Å². The van der Waals surface area contributed by atoms with Gasteiger partial charge in [0.25, 0.3) is 0 Å². The van der Waals surface area contributed by atoms with E-state index in [9.17, 15) is 74.9 Å². The molecule has 18 atom stereocenters. The first-order valence-corrected chi connectivity index (χ1v) is 39.5. The zero-order valence-electron chi connectivity index (χ0n) is 59.4. The number of allylic oxidation sites excluding steroid dienone is 2. The molecule has 570 valence electrons. The van der Waals surface area contributed by atoms with Crippen LogP contribution in [0.15, 0.2) is 12.2 Å². The maximum absolute atomic E-state index is 14.3. The molecule has 97 heavy (non-hydrogen) atoms. The van der Waals surface area contributed by atoms with Crippen molar-refractivity contribution in [2.75, 3.05) is 26.4 Å². The van der Waals surface area contributed by atoms with Crippen molar-refractivity contribution in [2.24, 2.45) is 0 Å². The van der Waals surface area contributed by atoms with E-state index < -0.39 is 156 Å². The summed E-state index contributed by atoms with van der Waals surface area (Å²) >= 11 is 0. The summed E-state index contributed by atoms with van der Waals surface area (Å²) in [5.74, 6) is -2.00. The second-order valence-electron chi connectivity index (χ2n) is 27.4. The van der Waals surface area contributed by atoms with Crippen molar-refractivity contribution in [2.45, 2.75) is 401 Å². The highest BCUT2D eigenvalue weighted by Gasteiger charge is 2.58. The largest absolute Gasteiger partial charge is 0.472 e. The molecule has 0 amide bonds. The van der Waals surface area contributed by atoms with Crippen molar-refractivity contribution >= 4 is 25.7 Å². The zero-order chi connectivity index (χ0) is 71.1. The Morgan fingerprint density at radius 2 is 0.722 bits per heavy atom. The summed E-state index contributed by atoms with van der Waals surface area (Å²) in [6, 6.07) is 0. The van der Waals surface area contributed by atoms with E-state index in [1.807, 2.05) is 0 Å². The van der Waals surface area contributed by atoms with Gasteiger partial charge in [-0.3, -0.25) is 23.4 Å². The van der Waals surface area contributed by atoms with Crippen LogP contribution in [0, 0.1) is 0 Å². The number of hydrogen-bond acceptors (Lipinski definition) is 23. The smallest absolute Gasteiger partial charge is 0.463 e. The number of esters is 3. The highest BCUT2D eigenvalue weighted by Crippen LogP contribution is 2.49. The van der Waals surface area contributed by atoms with E-state index in [0.29, 0.717) is 19.3 Å². The van der Waals surface area contributed by atoms with E-state index in [0.717, 1.165) is 96.3 Å². The molecule has 11 N–H and O–H groups in total. The molecule has 0 aromatic rings. The van der Waals surface area contributed by atoms with Crippen LogP contribution in [0.4, 0.5) is 0 Å². The third-order valence-electron chi connectivity index (χ3n) is 18.8. The molecule has 18 unspecified atom stereocenters. The van der Waals surface area contributed by atoms with E-state index in [-0.39, 0.29) is 19.3 Å². The predicted molar refractivity (Wildman–Crippen MR) is 365 cm³/mol. The molecule has 1 aliphatic carbocycles. The summed E-state index contributed by atoms with van der Waals surface area (Å²) < 4.78 is 65.0. The number of rotatable bonds is 59. The highest BCUT2D eigenvalue weighted by molar-refractivity contribution is 7.47. The zero-order valence-corrected chi connectivity index (χ0v) is 60.3. The maximum Gasteiger partial charge on any atom is 0.472 e. The number of carbonyl (C=O) groups excluding carboxylic acids is 3. The third kappa shape index (κ3) is 37.6. The lowest BCUT2D eigenvalue weighted by atomic mass is 9.84. The minimum absolute atomic E-state index is 0.0276. The quantitative estimate of drug-likeness (QED) is 0.00886. The molecule has 1 saturated carbocycles. The summed E-state index contributed by atoms with van der Waals surface area (Å²) in [6.45, 7) is 3.43. The molecule has 0 radical (unpaired) electrons. The number of aliphatic hydroxyl groups is 10. The first-order chi connectivity index (χ1) is 46.8. The standard InChI is InChI=1S/C72H133O24P/c1-4-7-10-13-16-19-22-25-26-27-28-30-33-35-38-41-44-47-57(75)89-52-55-60(78)62(80)67(85)72(93-55)95-69-65(83)63(81)64(82)68(94-71-66(84)61(79)59(77)54(49-73)92-71)70(69)96-97(86,87)90-51-53(91-58(76)48-45-42-39-36-31-24-21-18-15-12-9-6-3)50-88-56(74)46-43-40-37-34-32-29-23-20-17-14-11-8-5-2/h29,32,53-55,59-73,77-85H,4-28,30-31,33-52H2,1-3H3,(H,86,87)/b32-29-. The Kier molecular flexibility index (Phi) is 49.8. The topological polar surface area (TPSA) is 374 Å². The van der Waals surface area contributed by atoms with Gasteiger partial charge in [-0.25, -0.2) is 4.57 Å². The molecule has 3 rings (SSSR count). The number of unbranched alkanes of at least 4 members (excludes halogenated alkanes) is 36. The molecule has 0 bridgehead atoms. The Labute approximate surface area is 580 Å². The normalized spacial score (nSPS) is 27.8. The van der Waals surface area contributed by atoms with Crippen LogP contribution in [0.2, 0.25) is 0 Å². The highest BCUT2D eigenvalue weighted by atomic mass is 31.2. The number of ether oxygens (including phenoxy) is 7. The third-order valence-corrected chi connectivity index (χ3v) is 19.8. The summed E-state index contributed by atoms with van der Waals surface area (Å²) in [5, 5.41) is 110. The number of phosphoric ester groups is 1. The summed E-state index contributed by atoms with van der Waals surface area (Å²) in [4.78, 5) is 50.9. The van der Waals surface area contributed by atoms with Crippen molar-refractivity contribution in [1.29, 1.82) is 0 Å². The molecule has 2 aliphatic heterocycles. The second-order valence-corrected chi connectivity index (χ2v) is 28.8. The average Bonchev–Trinajstić information content (AvgIpc) is 0.763. The van der Waals surface area contributed by atoms with Gasteiger partial charge in [-0.2, -0.15) is 0 Å². The first kappa shape index (κ1) is 88.9. The van der Waals surface area contributed by atoms with Gasteiger partial charge in [-0.15, -0.1) is 0 Å². The van der Waals surface area contributed by atoms with Crippen LogP contribution >= 0.6 is 7.82 Å². The van der Waals surface area contributed by atoms with Crippen molar-refractivity contribution in [1.82, 2.24) is 0 Å². The monoisotopic (exact) mass is 1410 g/mol. The Morgan fingerprint density at radius 3 is 1.12 bits per heavy atom. The predicted octanol–water partition coefficient (Wildman–Crippen LogP) is 10.4. The summed E-state index contributed by atoms with van der Waals surface area (Å²) in [5.41, 5.74) is 0.